The second-order valence-corrected chi connectivity index (χ2v) is 6.46. The minimum Gasteiger partial charge on any atom is -0.422 e. The van der Waals surface area contributed by atoms with Crippen LogP contribution in [0.5, 0.6) is 5.88 Å². The lowest BCUT2D eigenvalue weighted by Gasteiger charge is -2.24. The summed E-state index contributed by atoms with van der Waals surface area (Å²) in [6.07, 6.45) is 0. The molecule has 0 bridgehead atoms. The fourth-order valence-corrected chi connectivity index (χ4v) is 3.38. The van der Waals surface area contributed by atoms with Crippen molar-refractivity contribution in [2.24, 2.45) is 5.73 Å². The van der Waals surface area contributed by atoms with Crippen molar-refractivity contribution >= 4 is 11.6 Å². The Morgan fingerprint density at radius 1 is 1.15 bits per heavy atom. The molecule has 3 aromatic rings. The van der Waals surface area contributed by atoms with E-state index in [9.17, 15) is 5.26 Å². The van der Waals surface area contributed by atoms with Crippen molar-refractivity contribution in [3.63, 3.8) is 0 Å². The number of benzene rings is 2. The molecule has 1 aromatic heterocycles. The van der Waals surface area contributed by atoms with E-state index in [0.717, 1.165) is 22.5 Å². The molecule has 0 aliphatic carbocycles. The molecule has 2 heterocycles. The maximum Gasteiger partial charge on any atom is 0.229 e. The summed E-state index contributed by atoms with van der Waals surface area (Å²) in [5.41, 5.74) is 9.87. The van der Waals surface area contributed by atoms with E-state index in [4.69, 9.17) is 22.1 Å². The molecule has 5 nitrogen and oxygen atoms in total. The van der Waals surface area contributed by atoms with E-state index in [-0.39, 0.29) is 11.8 Å². The molecule has 128 valence electrons. The third kappa shape index (κ3) is 2.52. The Morgan fingerprint density at radius 2 is 1.85 bits per heavy atom. The number of halogens is 1. The number of nitrogens with two attached hydrogens (primary N) is 1. The first-order valence-corrected chi connectivity index (χ1v) is 8.46. The zero-order valence-electron chi connectivity index (χ0n) is 14.0. The summed E-state index contributed by atoms with van der Waals surface area (Å²) in [6, 6.07) is 19.3. The fraction of sp³-hybridized carbons (Fsp3) is 0.100. The van der Waals surface area contributed by atoms with Gasteiger partial charge in [0.25, 0.3) is 0 Å². The van der Waals surface area contributed by atoms with Crippen LogP contribution in [0, 0.1) is 18.3 Å². The van der Waals surface area contributed by atoms with E-state index < -0.39 is 0 Å². The highest BCUT2D eigenvalue weighted by Gasteiger charge is 2.35. The lowest BCUT2D eigenvalue weighted by molar-refractivity contribution is 0.367. The SMILES string of the molecule is Cc1nn(-c2ccc(Cl)cc2)c2c1[C@H](c1ccccc1)C(C#N)=C(N)O2. The number of hydrogen-bond acceptors (Lipinski definition) is 4. The van der Waals surface area contributed by atoms with Crippen molar-refractivity contribution in [1.29, 1.82) is 5.26 Å². The summed E-state index contributed by atoms with van der Waals surface area (Å²) < 4.78 is 7.52. The van der Waals surface area contributed by atoms with Crippen molar-refractivity contribution in [2.45, 2.75) is 12.8 Å². The number of ether oxygens (including phenoxy) is 1. The predicted octanol–water partition coefficient (Wildman–Crippen LogP) is 4.05. The first-order valence-electron chi connectivity index (χ1n) is 8.08. The maximum atomic E-state index is 9.65. The predicted molar refractivity (Wildman–Crippen MR) is 99.1 cm³/mol. The van der Waals surface area contributed by atoms with Crippen LogP contribution in [0.1, 0.15) is 22.7 Å². The van der Waals surface area contributed by atoms with Gasteiger partial charge in [-0.15, -0.1) is 0 Å². The first-order chi connectivity index (χ1) is 12.6. The standard InChI is InChI=1S/C20H15ClN4O/c1-12-17-18(13-5-3-2-4-6-13)16(11-22)19(23)26-20(17)25(24-12)15-9-7-14(21)8-10-15/h2-10,18H,23H2,1H3/t18-/m1/s1. The molecular weight excluding hydrogens is 348 g/mol. The van der Waals surface area contributed by atoms with Crippen LogP contribution < -0.4 is 10.5 Å². The molecule has 26 heavy (non-hydrogen) atoms. The fourth-order valence-electron chi connectivity index (χ4n) is 3.25. The van der Waals surface area contributed by atoms with Crippen LogP contribution in [0.4, 0.5) is 0 Å². The molecule has 4 rings (SSSR count). The number of nitrogens with zero attached hydrogens (tertiary/aromatic N) is 3. The molecule has 2 aromatic carbocycles. The Hall–Kier alpha value is -3.23. The van der Waals surface area contributed by atoms with Gasteiger partial charge in [-0.05, 0) is 36.8 Å². The third-order valence-electron chi connectivity index (χ3n) is 4.44. The molecule has 0 unspecified atom stereocenters. The van der Waals surface area contributed by atoms with Crippen molar-refractivity contribution in [3.05, 3.63) is 87.9 Å². The zero-order chi connectivity index (χ0) is 18.3. The van der Waals surface area contributed by atoms with Crippen molar-refractivity contribution < 1.29 is 4.74 Å². The molecule has 1 aliphatic heterocycles. The molecule has 6 heteroatoms. The lowest BCUT2D eigenvalue weighted by Crippen LogP contribution is -2.22. The Labute approximate surface area is 155 Å². The van der Waals surface area contributed by atoms with Crippen LogP contribution >= 0.6 is 11.6 Å². The summed E-state index contributed by atoms with van der Waals surface area (Å²) in [6.45, 7) is 1.90. The molecule has 1 aliphatic rings. The van der Waals surface area contributed by atoms with Crippen LogP contribution in [0.25, 0.3) is 5.69 Å². The Kier molecular flexibility index (Phi) is 3.90. The van der Waals surface area contributed by atoms with Gasteiger partial charge in [-0.3, -0.25) is 0 Å². The van der Waals surface area contributed by atoms with Gasteiger partial charge in [-0.25, -0.2) is 4.68 Å². The largest absolute Gasteiger partial charge is 0.422 e. The van der Waals surface area contributed by atoms with E-state index in [1.165, 1.54) is 0 Å². The van der Waals surface area contributed by atoms with Crippen molar-refractivity contribution in [3.8, 4) is 17.6 Å². The Morgan fingerprint density at radius 3 is 2.50 bits per heavy atom. The quantitative estimate of drug-likeness (QED) is 0.746. The highest BCUT2D eigenvalue weighted by atomic mass is 35.5. The molecule has 0 radical (unpaired) electrons. The Balaban J connectivity index is 1.95. The Bertz CT molecular complexity index is 1050. The van der Waals surface area contributed by atoms with E-state index in [1.54, 1.807) is 16.8 Å². The smallest absolute Gasteiger partial charge is 0.229 e. The van der Waals surface area contributed by atoms with Crippen molar-refractivity contribution in [1.82, 2.24) is 9.78 Å². The van der Waals surface area contributed by atoms with Gasteiger partial charge in [-0.2, -0.15) is 10.4 Å². The van der Waals surface area contributed by atoms with E-state index in [1.807, 2.05) is 49.4 Å². The van der Waals surface area contributed by atoms with Crippen LogP contribution in [-0.4, -0.2) is 9.78 Å². The number of rotatable bonds is 2. The number of allylic oxidation sites excluding steroid dienone is 1. The van der Waals surface area contributed by atoms with Gasteiger partial charge in [-0.1, -0.05) is 41.9 Å². The normalized spacial score (nSPS) is 16.0. The van der Waals surface area contributed by atoms with E-state index >= 15 is 0 Å². The average Bonchev–Trinajstić information content (AvgIpc) is 2.98. The molecule has 1 atom stereocenters. The summed E-state index contributed by atoms with van der Waals surface area (Å²) >= 11 is 5.99. The second kappa shape index (κ2) is 6.25. The summed E-state index contributed by atoms with van der Waals surface area (Å²) in [4.78, 5) is 0. The number of aromatic nitrogens is 2. The molecule has 0 amide bonds. The van der Waals surface area contributed by atoms with Gasteiger partial charge in [0.15, 0.2) is 0 Å². The maximum absolute atomic E-state index is 9.65. The van der Waals surface area contributed by atoms with Crippen molar-refractivity contribution in [2.75, 3.05) is 0 Å². The van der Waals surface area contributed by atoms with E-state index in [2.05, 4.69) is 11.2 Å². The minimum atomic E-state index is -0.314. The highest BCUT2D eigenvalue weighted by Crippen LogP contribution is 2.44. The molecule has 0 saturated carbocycles. The summed E-state index contributed by atoms with van der Waals surface area (Å²) in [7, 11) is 0. The van der Waals surface area contributed by atoms with Gasteiger partial charge in [0.2, 0.25) is 11.8 Å². The van der Waals surface area contributed by atoms with Crippen LogP contribution in [-0.2, 0) is 0 Å². The molecular formula is C20H15ClN4O. The monoisotopic (exact) mass is 362 g/mol. The van der Waals surface area contributed by atoms with Crippen LogP contribution in [0.2, 0.25) is 5.02 Å². The lowest BCUT2D eigenvalue weighted by atomic mass is 9.84. The van der Waals surface area contributed by atoms with Gasteiger partial charge < -0.3 is 10.5 Å². The molecule has 2 N–H and O–H groups in total. The molecule has 0 saturated heterocycles. The number of fused-ring (bicyclic) bond motifs is 1. The topological polar surface area (TPSA) is 76.9 Å². The van der Waals surface area contributed by atoms with Crippen LogP contribution in [0.15, 0.2) is 66.1 Å². The average molecular weight is 363 g/mol. The number of nitriles is 1. The highest BCUT2D eigenvalue weighted by molar-refractivity contribution is 6.30. The van der Waals surface area contributed by atoms with E-state index in [0.29, 0.717) is 16.5 Å². The number of hydrogen-bond donors (Lipinski definition) is 1. The van der Waals surface area contributed by atoms with Gasteiger partial charge >= 0.3 is 0 Å². The van der Waals surface area contributed by atoms with Gasteiger partial charge in [0, 0.05) is 5.02 Å². The van der Waals surface area contributed by atoms with Gasteiger partial charge in [0.1, 0.15) is 11.6 Å². The zero-order valence-corrected chi connectivity index (χ0v) is 14.7. The molecule has 0 fully saturated rings. The summed E-state index contributed by atoms with van der Waals surface area (Å²) in [5, 5.41) is 14.9. The third-order valence-corrected chi connectivity index (χ3v) is 4.69. The first kappa shape index (κ1) is 16.2. The second-order valence-electron chi connectivity index (χ2n) is 6.03. The number of aryl methyl sites for hydroxylation is 1. The minimum absolute atomic E-state index is 0.101. The van der Waals surface area contributed by atoms with Gasteiger partial charge in [0.05, 0.1) is 22.9 Å². The summed E-state index contributed by atoms with van der Waals surface area (Å²) in [5.74, 6) is 0.310. The molecule has 0 spiro atoms. The van der Waals surface area contributed by atoms with Crippen LogP contribution in [0.3, 0.4) is 0 Å².